The molecule has 194 valence electrons. The first-order valence-electron chi connectivity index (χ1n) is 13.1. The minimum Gasteiger partial charge on any atom is -0.497 e. The fraction of sp³-hybridized carbons (Fsp3) is 0.536. The minimum atomic E-state index is -0.102. The Kier molecular flexibility index (Phi) is 7.82. The van der Waals surface area contributed by atoms with E-state index < -0.39 is 0 Å². The summed E-state index contributed by atoms with van der Waals surface area (Å²) < 4.78 is 16.3. The molecule has 2 aromatic carbocycles. The van der Waals surface area contributed by atoms with Crippen molar-refractivity contribution in [1.29, 1.82) is 0 Å². The lowest BCUT2D eigenvalue weighted by atomic mass is 9.83. The van der Waals surface area contributed by atoms with Gasteiger partial charge in [0.1, 0.15) is 11.5 Å². The van der Waals surface area contributed by atoms with Crippen molar-refractivity contribution in [3.8, 4) is 11.5 Å². The molecule has 2 saturated heterocycles. The zero-order valence-electron chi connectivity index (χ0n) is 21.4. The summed E-state index contributed by atoms with van der Waals surface area (Å²) in [6, 6.07) is 14.6. The Labute approximate surface area is 214 Å². The molecule has 2 aromatic rings. The number of piperazine rings is 1. The van der Waals surface area contributed by atoms with Crippen molar-refractivity contribution in [2.24, 2.45) is 5.92 Å². The summed E-state index contributed by atoms with van der Waals surface area (Å²) >= 11 is 0. The van der Waals surface area contributed by atoms with Crippen LogP contribution in [0.15, 0.2) is 42.5 Å². The van der Waals surface area contributed by atoms with E-state index in [9.17, 15) is 4.79 Å². The number of carbonyl (C=O) groups is 1. The van der Waals surface area contributed by atoms with Crippen LogP contribution in [-0.2, 0) is 16.0 Å². The van der Waals surface area contributed by atoms with E-state index in [0.29, 0.717) is 6.54 Å². The maximum atomic E-state index is 13.5. The lowest BCUT2D eigenvalue weighted by Gasteiger charge is -2.49. The Morgan fingerprint density at radius 3 is 2.50 bits per heavy atom. The topological polar surface area (TPSA) is 66.5 Å². The zero-order valence-corrected chi connectivity index (χ0v) is 21.4. The van der Waals surface area contributed by atoms with E-state index in [4.69, 9.17) is 14.2 Å². The Bertz CT molecular complexity index is 1020. The van der Waals surface area contributed by atoms with Crippen LogP contribution in [-0.4, -0.2) is 90.1 Å². The van der Waals surface area contributed by atoms with Crippen LogP contribution in [0, 0.1) is 5.92 Å². The van der Waals surface area contributed by atoms with Crippen LogP contribution < -0.4 is 24.6 Å². The average Bonchev–Trinajstić information content (AvgIpc) is 2.94. The van der Waals surface area contributed by atoms with Gasteiger partial charge in [0.2, 0.25) is 5.91 Å². The SMILES string of the molecule is COc1ccc(N2CCN3c4cc(OC)ccc4C[C@@H](C(=O)NCCCN4CCOCC4)[C@H]3C2)cc1. The van der Waals surface area contributed by atoms with E-state index in [2.05, 4.69) is 44.3 Å². The summed E-state index contributed by atoms with van der Waals surface area (Å²) in [5.74, 6) is 1.77. The number of ether oxygens (including phenoxy) is 3. The van der Waals surface area contributed by atoms with E-state index in [1.165, 1.54) is 11.3 Å². The van der Waals surface area contributed by atoms with Crippen LogP contribution in [0.4, 0.5) is 11.4 Å². The van der Waals surface area contributed by atoms with Crippen molar-refractivity contribution in [3.05, 3.63) is 48.0 Å². The Morgan fingerprint density at radius 1 is 1.00 bits per heavy atom. The average molecular weight is 495 g/mol. The van der Waals surface area contributed by atoms with Crippen molar-refractivity contribution in [2.75, 3.05) is 83.0 Å². The van der Waals surface area contributed by atoms with Gasteiger partial charge < -0.3 is 29.3 Å². The van der Waals surface area contributed by atoms with E-state index in [-0.39, 0.29) is 17.9 Å². The second kappa shape index (κ2) is 11.4. The molecule has 2 atom stereocenters. The summed E-state index contributed by atoms with van der Waals surface area (Å²) in [7, 11) is 3.39. The molecule has 5 rings (SSSR count). The summed E-state index contributed by atoms with van der Waals surface area (Å²) in [5, 5.41) is 3.26. The minimum absolute atomic E-state index is 0.0969. The molecule has 3 aliphatic rings. The predicted octanol–water partition coefficient (Wildman–Crippen LogP) is 2.41. The number of methoxy groups -OCH3 is 2. The van der Waals surface area contributed by atoms with E-state index >= 15 is 0 Å². The summed E-state index contributed by atoms with van der Waals surface area (Å²) in [5.41, 5.74) is 3.58. The number of morpholine rings is 1. The fourth-order valence-electron chi connectivity index (χ4n) is 5.70. The summed E-state index contributed by atoms with van der Waals surface area (Å²) in [4.78, 5) is 20.8. The van der Waals surface area contributed by atoms with Crippen LogP contribution in [0.2, 0.25) is 0 Å². The van der Waals surface area contributed by atoms with Crippen molar-refractivity contribution < 1.29 is 19.0 Å². The van der Waals surface area contributed by atoms with Gasteiger partial charge in [-0.25, -0.2) is 0 Å². The van der Waals surface area contributed by atoms with Crippen LogP contribution >= 0.6 is 0 Å². The maximum Gasteiger partial charge on any atom is 0.225 e. The molecule has 8 heteroatoms. The summed E-state index contributed by atoms with van der Waals surface area (Å²) in [6.45, 7) is 7.83. The highest BCUT2D eigenvalue weighted by molar-refractivity contribution is 5.82. The first kappa shape index (κ1) is 24.7. The van der Waals surface area contributed by atoms with Crippen LogP contribution in [0.25, 0.3) is 0 Å². The molecular weight excluding hydrogens is 456 g/mol. The third kappa shape index (κ3) is 5.39. The number of anilines is 2. The number of amides is 1. The number of nitrogens with one attached hydrogen (secondary N) is 1. The van der Waals surface area contributed by atoms with Crippen molar-refractivity contribution in [3.63, 3.8) is 0 Å². The van der Waals surface area contributed by atoms with Gasteiger partial charge in [0.25, 0.3) is 0 Å². The highest BCUT2D eigenvalue weighted by atomic mass is 16.5. The molecule has 8 nitrogen and oxygen atoms in total. The Morgan fingerprint density at radius 2 is 1.75 bits per heavy atom. The highest BCUT2D eigenvalue weighted by Crippen LogP contribution is 2.39. The predicted molar refractivity (Wildman–Crippen MR) is 141 cm³/mol. The monoisotopic (exact) mass is 494 g/mol. The molecule has 2 fully saturated rings. The lowest BCUT2D eigenvalue weighted by molar-refractivity contribution is -0.125. The van der Waals surface area contributed by atoms with Crippen LogP contribution in [0.3, 0.4) is 0 Å². The van der Waals surface area contributed by atoms with Gasteiger partial charge in [-0.1, -0.05) is 6.07 Å². The van der Waals surface area contributed by atoms with Gasteiger partial charge in [-0.05, 0) is 55.3 Å². The second-order valence-corrected chi connectivity index (χ2v) is 9.81. The van der Waals surface area contributed by atoms with Crippen molar-refractivity contribution >= 4 is 17.3 Å². The van der Waals surface area contributed by atoms with Crippen molar-refractivity contribution in [1.82, 2.24) is 10.2 Å². The third-order valence-corrected chi connectivity index (χ3v) is 7.75. The van der Waals surface area contributed by atoms with Crippen LogP contribution in [0.1, 0.15) is 12.0 Å². The molecule has 0 radical (unpaired) electrons. The van der Waals surface area contributed by atoms with Crippen molar-refractivity contribution in [2.45, 2.75) is 18.9 Å². The first-order chi connectivity index (χ1) is 17.7. The van der Waals surface area contributed by atoms with Gasteiger partial charge in [-0.3, -0.25) is 9.69 Å². The summed E-state index contributed by atoms with van der Waals surface area (Å²) in [6.07, 6.45) is 1.70. The lowest BCUT2D eigenvalue weighted by Crippen LogP contribution is -2.61. The number of rotatable bonds is 8. The number of fused-ring (bicyclic) bond motifs is 3. The number of benzene rings is 2. The quantitative estimate of drug-likeness (QED) is 0.566. The number of nitrogens with zero attached hydrogens (tertiary/aromatic N) is 3. The second-order valence-electron chi connectivity index (χ2n) is 9.81. The number of hydrogen-bond acceptors (Lipinski definition) is 7. The van der Waals surface area contributed by atoms with Gasteiger partial charge >= 0.3 is 0 Å². The van der Waals surface area contributed by atoms with Crippen LogP contribution in [0.5, 0.6) is 11.5 Å². The van der Waals surface area contributed by atoms with Gasteiger partial charge in [-0.15, -0.1) is 0 Å². The Balaban J connectivity index is 1.30. The fourth-order valence-corrected chi connectivity index (χ4v) is 5.70. The molecule has 3 heterocycles. The van der Waals surface area contributed by atoms with E-state index in [1.807, 2.05) is 18.2 Å². The number of hydrogen-bond donors (Lipinski definition) is 1. The molecule has 0 aromatic heterocycles. The molecule has 1 amide bonds. The first-order valence-corrected chi connectivity index (χ1v) is 13.1. The molecule has 0 bridgehead atoms. The molecule has 0 spiro atoms. The van der Waals surface area contributed by atoms with Gasteiger partial charge in [0, 0.05) is 56.7 Å². The molecule has 1 N–H and O–H groups in total. The largest absolute Gasteiger partial charge is 0.497 e. The molecule has 0 saturated carbocycles. The van der Waals surface area contributed by atoms with Gasteiger partial charge in [-0.2, -0.15) is 0 Å². The highest BCUT2D eigenvalue weighted by Gasteiger charge is 2.41. The van der Waals surface area contributed by atoms with Gasteiger partial charge in [0.05, 0.1) is 39.4 Å². The third-order valence-electron chi connectivity index (χ3n) is 7.75. The normalized spacial score (nSPS) is 21.9. The Hall–Kier alpha value is -2.97. The molecule has 3 aliphatic heterocycles. The standard InChI is InChI=1S/C28H38N4O4/c1-34-23-8-5-22(6-9-23)31-12-13-32-26-19-24(35-2)7-4-21(26)18-25(27(32)20-31)28(33)29-10-3-11-30-14-16-36-17-15-30/h4-9,19,25,27H,3,10-18,20H2,1-2H3,(H,29,33)/t25-,27-/m1/s1. The molecular formula is C28H38N4O4. The smallest absolute Gasteiger partial charge is 0.225 e. The maximum absolute atomic E-state index is 13.5. The molecule has 0 aliphatic carbocycles. The number of carbonyl (C=O) groups excluding carboxylic acids is 1. The van der Waals surface area contributed by atoms with Gasteiger partial charge in [0.15, 0.2) is 0 Å². The molecule has 0 unspecified atom stereocenters. The van der Waals surface area contributed by atoms with E-state index in [0.717, 1.165) is 82.5 Å². The zero-order chi connectivity index (χ0) is 24.9. The molecule has 36 heavy (non-hydrogen) atoms. The van der Waals surface area contributed by atoms with E-state index in [1.54, 1.807) is 14.2 Å².